The molecule has 2 aromatic carbocycles. The van der Waals surface area contributed by atoms with Crippen molar-refractivity contribution in [3.8, 4) is 0 Å². The summed E-state index contributed by atoms with van der Waals surface area (Å²) in [6.45, 7) is 0. The van der Waals surface area contributed by atoms with Gasteiger partial charge in [0.1, 0.15) is 0 Å². The average Bonchev–Trinajstić information content (AvgIpc) is 2.67. The molecule has 0 saturated heterocycles. The molecular weight excluding hydrogens is 344 g/mol. The summed E-state index contributed by atoms with van der Waals surface area (Å²) in [5.41, 5.74) is 8.33. The zero-order valence-electron chi connectivity index (χ0n) is 15.4. The van der Waals surface area contributed by atoms with Crippen LogP contribution < -0.4 is 10.9 Å². The number of benzene rings is 2. The standard InChI is InChI=1S/C12H12N2.C9H16O4/c1-3-7-11(8-4-1)13-14-12-9-5-2-6-10-12;10-8(11)6-4-2-1-3-5-7-9(12)13/h1-10,13-14H;1-7H2,(H,10,11)(H,12,13). The van der Waals surface area contributed by atoms with Gasteiger partial charge in [-0.3, -0.25) is 9.59 Å². The van der Waals surface area contributed by atoms with Crippen molar-refractivity contribution < 1.29 is 19.8 Å². The first kappa shape index (κ1) is 22.0. The van der Waals surface area contributed by atoms with Crippen LogP contribution in [0.15, 0.2) is 60.7 Å². The zero-order valence-corrected chi connectivity index (χ0v) is 15.4. The first-order chi connectivity index (χ1) is 13.1. The minimum absolute atomic E-state index is 0.221. The van der Waals surface area contributed by atoms with E-state index in [1.807, 2.05) is 60.7 Å². The number of carboxylic acids is 2. The van der Waals surface area contributed by atoms with Crippen molar-refractivity contribution in [1.82, 2.24) is 0 Å². The second-order valence-electron chi connectivity index (χ2n) is 6.04. The number of unbranched alkanes of at least 4 members (excludes halogenated alkanes) is 4. The molecule has 0 unspecified atom stereocenters. The molecule has 0 aliphatic carbocycles. The summed E-state index contributed by atoms with van der Waals surface area (Å²) in [7, 11) is 0. The monoisotopic (exact) mass is 372 g/mol. The lowest BCUT2D eigenvalue weighted by Gasteiger charge is -2.08. The molecule has 0 saturated carbocycles. The van der Waals surface area contributed by atoms with Crippen LogP contribution in [0.2, 0.25) is 0 Å². The Bertz CT molecular complexity index is 590. The number of aliphatic carboxylic acids is 2. The van der Waals surface area contributed by atoms with E-state index in [0.29, 0.717) is 12.8 Å². The largest absolute Gasteiger partial charge is 0.481 e. The molecule has 2 rings (SSSR count). The molecule has 6 nitrogen and oxygen atoms in total. The van der Waals surface area contributed by atoms with Gasteiger partial charge in [-0.1, -0.05) is 55.7 Å². The predicted molar refractivity (Wildman–Crippen MR) is 108 cm³/mol. The second-order valence-corrected chi connectivity index (χ2v) is 6.04. The topological polar surface area (TPSA) is 98.7 Å². The Morgan fingerprint density at radius 2 is 0.926 bits per heavy atom. The minimum Gasteiger partial charge on any atom is -0.481 e. The van der Waals surface area contributed by atoms with E-state index < -0.39 is 11.9 Å². The molecule has 0 amide bonds. The van der Waals surface area contributed by atoms with Crippen LogP contribution in [-0.4, -0.2) is 22.2 Å². The number of para-hydroxylation sites is 2. The van der Waals surface area contributed by atoms with E-state index in [1.54, 1.807) is 0 Å². The Morgan fingerprint density at radius 3 is 1.26 bits per heavy atom. The van der Waals surface area contributed by atoms with E-state index in [9.17, 15) is 9.59 Å². The van der Waals surface area contributed by atoms with Crippen LogP contribution >= 0.6 is 0 Å². The van der Waals surface area contributed by atoms with Crippen molar-refractivity contribution in [2.24, 2.45) is 0 Å². The van der Waals surface area contributed by atoms with Crippen molar-refractivity contribution in [1.29, 1.82) is 0 Å². The molecule has 6 heteroatoms. The van der Waals surface area contributed by atoms with Crippen molar-refractivity contribution in [3.05, 3.63) is 60.7 Å². The lowest BCUT2D eigenvalue weighted by Crippen LogP contribution is -2.07. The number of hydrogen-bond acceptors (Lipinski definition) is 4. The molecule has 4 N–H and O–H groups in total. The van der Waals surface area contributed by atoms with Gasteiger partial charge >= 0.3 is 11.9 Å². The average molecular weight is 372 g/mol. The Kier molecular flexibility index (Phi) is 11.6. The van der Waals surface area contributed by atoms with Gasteiger partial charge in [-0.25, -0.2) is 0 Å². The molecule has 146 valence electrons. The van der Waals surface area contributed by atoms with Crippen LogP contribution in [0.5, 0.6) is 0 Å². The lowest BCUT2D eigenvalue weighted by atomic mass is 10.1. The van der Waals surface area contributed by atoms with Gasteiger partial charge in [0.05, 0.1) is 11.4 Å². The van der Waals surface area contributed by atoms with Gasteiger partial charge in [-0.05, 0) is 37.1 Å². The summed E-state index contributed by atoms with van der Waals surface area (Å²) in [6.07, 6.45) is 4.53. The van der Waals surface area contributed by atoms with Crippen molar-refractivity contribution in [3.63, 3.8) is 0 Å². The summed E-state index contributed by atoms with van der Waals surface area (Å²) < 4.78 is 0. The van der Waals surface area contributed by atoms with E-state index in [0.717, 1.165) is 30.6 Å². The maximum atomic E-state index is 10.1. The molecule has 0 aromatic heterocycles. The minimum atomic E-state index is -0.759. The van der Waals surface area contributed by atoms with E-state index in [2.05, 4.69) is 10.9 Å². The summed E-state index contributed by atoms with van der Waals surface area (Å²) in [6, 6.07) is 20.0. The van der Waals surface area contributed by atoms with Crippen molar-refractivity contribution in [2.75, 3.05) is 10.9 Å². The highest BCUT2D eigenvalue weighted by molar-refractivity contribution is 5.66. The highest BCUT2D eigenvalue weighted by atomic mass is 16.4. The summed E-state index contributed by atoms with van der Waals surface area (Å²) in [5.74, 6) is -1.52. The van der Waals surface area contributed by atoms with Crippen LogP contribution in [0.4, 0.5) is 11.4 Å². The van der Waals surface area contributed by atoms with Crippen LogP contribution in [-0.2, 0) is 9.59 Å². The number of carbonyl (C=O) groups is 2. The number of nitrogens with one attached hydrogen (secondary N) is 2. The van der Waals surface area contributed by atoms with Crippen LogP contribution in [0.1, 0.15) is 44.9 Å². The fourth-order valence-corrected chi connectivity index (χ4v) is 2.27. The molecule has 0 atom stereocenters. The van der Waals surface area contributed by atoms with Gasteiger partial charge in [0, 0.05) is 12.8 Å². The number of hydrazine groups is 1. The van der Waals surface area contributed by atoms with E-state index in [-0.39, 0.29) is 12.8 Å². The highest BCUT2D eigenvalue weighted by Crippen LogP contribution is 2.08. The van der Waals surface area contributed by atoms with Crippen molar-refractivity contribution in [2.45, 2.75) is 44.9 Å². The number of carboxylic acid groups (broad SMARTS) is 2. The van der Waals surface area contributed by atoms with E-state index in [4.69, 9.17) is 10.2 Å². The number of rotatable bonds is 11. The van der Waals surface area contributed by atoms with Gasteiger partial charge in [0.2, 0.25) is 0 Å². The fraction of sp³-hybridized carbons (Fsp3) is 0.333. The maximum absolute atomic E-state index is 10.1. The molecule has 0 radical (unpaired) electrons. The first-order valence-corrected chi connectivity index (χ1v) is 9.13. The van der Waals surface area contributed by atoms with E-state index >= 15 is 0 Å². The van der Waals surface area contributed by atoms with Gasteiger partial charge < -0.3 is 21.1 Å². The molecule has 2 aromatic rings. The van der Waals surface area contributed by atoms with Gasteiger partial charge in [0.25, 0.3) is 0 Å². The van der Waals surface area contributed by atoms with Crippen LogP contribution in [0.25, 0.3) is 0 Å². The molecule has 0 spiro atoms. The Hall–Kier alpha value is -3.02. The maximum Gasteiger partial charge on any atom is 0.303 e. The smallest absolute Gasteiger partial charge is 0.303 e. The molecule has 0 bridgehead atoms. The van der Waals surface area contributed by atoms with Gasteiger partial charge in [-0.15, -0.1) is 0 Å². The summed E-state index contributed by atoms with van der Waals surface area (Å²) in [4.78, 5) is 20.2. The molecule has 0 aliphatic heterocycles. The SMILES string of the molecule is O=C(O)CCCCCCCC(=O)O.c1ccc(NNc2ccccc2)cc1. The Balaban J connectivity index is 0.000000271. The molecule has 0 fully saturated rings. The van der Waals surface area contributed by atoms with Gasteiger partial charge in [-0.2, -0.15) is 0 Å². The number of anilines is 2. The molecule has 27 heavy (non-hydrogen) atoms. The Labute approximate surface area is 160 Å². The molecule has 0 heterocycles. The quantitative estimate of drug-likeness (QED) is 0.327. The van der Waals surface area contributed by atoms with E-state index in [1.165, 1.54) is 0 Å². The third kappa shape index (κ3) is 12.9. The summed E-state index contributed by atoms with van der Waals surface area (Å²) in [5, 5.41) is 16.6. The zero-order chi connectivity index (χ0) is 19.7. The third-order valence-corrected chi connectivity index (χ3v) is 3.68. The number of hydrogen-bond donors (Lipinski definition) is 4. The normalized spacial score (nSPS) is 9.63. The van der Waals surface area contributed by atoms with Crippen molar-refractivity contribution >= 4 is 23.3 Å². The predicted octanol–water partition coefficient (Wildman–Crippen LogP) is 5.01. The lowest BCUT2D eigenvalue weighted by molar-refractivity contribution is -0.138. The Morgan fingerprint density at radius 1 is 0.593 bits per heavy atom. The highest BCUT2D eigenvalue weighted by Gasteiger charge is 1.98. The first-order valence-electron chi connectivity index (χ1n) is 9.13. The van der Waals surface area contributed by atoms with Crippen LogP contribution in [0.3, 0.4) is 0 Å². The summed E-state index contributed by atoms with van der Waals surface area (Å²) >= 11 is 0. The van der Waals surface area contributed by atoms with Crippen LogP contribution in [0, 0.1) is 0 Å². The molecule has 0 aliphatic rings. The van der Waals surface area contributed by atoms with Gasteiger partial charge in [0.15, 0.2) is 0 Å². The molecular formula is C21H28N2O4. The fourth-order valence-electron chi connectivity index (χ4n) is 2.27. The second kappa shape index (κ2) is 14.2. The third-order valence-electron chi connectivity index (χ3n) is 3.68.